The van der Waals surface area contributed by atoms with Crippen molar-refractivity contribution in [2.75, 3.05) is 5.32 Å². The Hall–Kier alpha value is -2.35. The summed E-state index contributed by atoms with van der Waals surface area (Å²) < 4.78 is 4.20. The monoisotopic (exact) mass is 320 g/mol. The van der Waals surface area contributed by atoms with Crippen LogP contribution in [-0.2, 0) is 0 Å². The van der Waals surface area contributed by atoms with Crippen LogP contribution in [0.2, 0.25) is 0 Å². The lowest BCUT2D eigenvalue weighted by atomic mass is 10.4. The third kappa shape index (κ3) is 2.17. The number of carbonyl (C=O) groups is 1. The van der Waals surface area contributed by atoms with Crippen molar-refractivity contribution in [3.8, 4) is 5.82 Å². The van der Waals surface area contributed by atoms with E-state index in [1.165, 1.54) is 0 Å². The van der Waals surface area contributed by atoms with Gasteiger partial charge in [0.05, 0.1) is 6.20 Å². The van der Waals surface area contributed by atoms with E-state index in [0.717, 1.165) is 10.3 Å². The number of amides is 1. The van der Waals surface area contributed by atoms with Crippen molar-refractivity contribution in [2.45, 2.75) is 0 Å². The number of aromatic nitrogens is 4. The first-order valence-electron chi connectivity index (χ1n) is 5.30. The summed E-state index contributed by atoms with van der Waals surface area (Å²) in [5.74, 6) is 0.930. The van der Waals surface area contributed by atoms with Crippen molar-refractivity contribution in [3.05, 3.63) is 41.3 Å². The van der Waals surface area contributed by atoms with Gasteiger partial charge in [0.2, 0.25) is 0 Å². The van der Waals surface area contributed by atoms with Crippen LogP contribution in [0.15, 0.2) is 41.3 Å². The summed E-state index contributed by atoms with van der Waals surface area (Å²) in [4.78, 5) is 14.7. The second kappa shape index (κ2) is 4.39. The summed E-state index contributed by atoms with van der Waals surface area (Å²) in [5.41, 5.74) is 0.587. The van der Waals surface area contributed by atoms with Gasteiger partial charge in [-0.2, -0.15) is 5.10 Å². The van der Waals surface area contributed by atoms with Crippen molar-refractivity contribution in [1.82, 2.24) is 19.2 Å². The van der Waals surface area contributed by atoms with Gasteiger partial charge in [0.25, 0.3) is 0 Å². The number of rotatable bonds is 2. The second-order valence-corrected chi connectivity index (χ2v) is 4.66. The van der Waals surface area contributed by atoms with Gasteiger partial charge in [0.1, 0.15) is 17.6 Å². The van der Waals surface area contributed by atoms with Gasteiger partial charge in [0, 0.05) is 16.9 Å². The Kier molecular flexibility index (Phi) is 2.71. The molecule has 0 aliphatic rings. The van der Waals surface area contributed by atoms with Crippen LogP contribution in [0.25, 0.3) is 11.5 Å². The Balaban J connectivity index is 2.21. The molecule has 96 valence electrons. The topological polar surface area (TPSA) is 87.3 Å². The van der Waals surface area contributed by atoms with E-state index in [2.05, 4.69) is 31.3 Å². The van der Waals surface area contributed by atoms with Crippen molar-refractivity contribution in [2.24, 2.45) is 0 Å². The molecule has 0 aliphatic heterocycles. The average Bonchev–Trinajstić information content (AvgIpc) is 2.94. The van der Waals surface area contributed by atoms with Crippen LogP contribution in [-0.4, -0.2) is 25.3 Å². The molecule has 3 heterocycles. The van der Waals surface area contributed by atoms with Gasteiger partial charge in [0.15, 0.2) is 5.82 Å². The summed E-state index contributed by atoms with van der Waals surface area (Å²) in [5, 5.41) is 16.8. The first kappa shape index (κ1) is 11.7. The number of halogens is 1. The predicted octanol–water partition coefficient (Wildman–Crippen LogP) is 1.04. The van der Waals surface area contributed by atoms with Gasteiger partial charge >= 0.3 is 0 Å². The van der Waals surface area contributed by atoms with E-state index in [4.69, 9.17) is 0 Å². The van der Waals surface area contributed by atoms with Crippen LogP contribution >= 0.6 is 15.9 Å². The van der Waals surface area contributed by atoms with Gasteiger partial charge in [-0.3, -0.25) is 4.40 Å². The van der Waals surface area contributed by atoms with E-state index in [0.29, 0.717) is 5.65 Å². The van der Waals surface area contributed by atoms with Crippen molar-refractivity contribution in [3.63, 3.8) is 0 Å². The third-order valence-corrected chi connectivity index (χ3v) is 2.94. The summed E-state index contributed by atoms with van der Waals surface area (Å²) in [6, 6.07) is 5.42. The first-order valence-corrected chi connectivity index (χ1v) is 6.09. The Morgan fingerprint density at radius 1 is 1.42 bits per heavy atom. The zero-order valence-corrected chi connectivity index (χ0v) is 11.0. The van der Waals surface area contributed by atoms with Gasteiger partial charge in [-0.05, 0) is 18.2 Å². The van der Waals surface area contributed by atoms with Crippen molar-refractivity contribution in [1.29, 1.82) is 0 Å². The molecule has 0 atom stereocenters. The molecule has 0 saturated carbocycles. The maximum Gasteiger partial charge on any atom is 0.150 e. The SMILES string of the molecule is O=C([O-])Nc1cn2c(-n3cccn3)cc(Br)cc2n1. The van der Waals surface area contributed by atoms with Crippen molar-refractivity contribution >= 4 is 33.5 Å². The Morgan fingerprint density at radius 3 is 2.95 bits per heavy atom. The minimum atomic E-state index is -1.40. The number of anilines is 1. The Morgan fingerprint density at radius 2 is 2.26 bits per heavy atom. The highest BCUT2D eigenvalue weighted by molar-refractivity contribution is 9.10. The number of nitrogens with one attached hydrogen (secondary N) is 1. The summed E-state index contributed by atoms with van der Waals surface area (Å²) >= 11 is 3.39. The largest absolute Gasteiger partial charge is 0.530 e. The van der Waals surface area contributed by atoms with Gasteiger partial charge in [-0.1, -0.05) is 15.9 Å². The second-order valence-electron chi connectivity index (χ2n) is 3.75. The molecule has 0 spiro atoms. The highest BCUT2D eigenvalue weighted by atomic mass is 79.9. The lowest BCUT2D eigenvalue weighted by Crippen LogP contribution is -2.28. The molecule has 0 aromatic carbocycles. The van der Waals surface area contributed by atoms with Crippen LogP contribution in [0, 0.1) is 0 Å². The summed E-state index contributed by atoms with van der Waals surface area (Å²) in [6.45, 7) is 0. The van der Waals surface area contributed by atoms with E-state index in [1.807, 2.05) is 6.07 Å². The molecule has 19 heavy (non-hydrogen) atoms. The molecule has 0 unspecified atom stereocenters. The molecule has 3 rings (SSSR count). The molecule has 3 aromatic heterocycles. The number of imidazole rings is 1. The Bertz CT molecular complexity index is 750. The number of hydrogen-bond donors (Lipinski definition) is 1. The maximum atomic E-state index is 10.5. The average molecular weight is 321 g/mol. The van der Waals surface area contributed by atoms with Crippen LogP contribution in [0.1, 0.15) is 0 Å². The number of fused-ring (bicyclic) bond motifs is 1. The number of nitrogens with zero attached hydrogens (tertiary/aromatic N) is 4. The highest BCUT2D eigenvalue weighted by Crippen LogP contribution is 2.21. The summed E-state index contributed by atoms with van der Waals surface area (Å²) in [6.07, 6.45) is 3.61. The minimum Gasteiger partial charge on any atom is -0.530 e. The lowest BCUT2D eigenvalue weighted by Gasteiger charge is -2.05. The fourth-order valence-electron chi connectivity index (χ4n) is 1.78. The van der Waals surface area contributed by atoms with Crippen molar-refractivity contribution < 1.29 is 9.90 Å². The summed E-state index contributed by atoms with van der Waals surface area (Å²) in [7, 11) is 0. The number of pyridine rings is 1. The first-order chi connectivity index (χ1) is 9.13. The fraction of sp³-hybridized carbons (Fsp3) is 0. The van der Waals surface area contributed by atoms with E-state index >= 15 is 0 Å². The zero-order chi connectivity index (χ0) is 13.4. The minimum absolute atomic E-state index is 0.200. The fourth-order valence-corrected chi connectivity index (χ4v) is 2.19. The van der Waals surface area contributed by atoms with Gasteiger partial charge in [-0.25, -0.2) is 9.67 Å². The standard InChI is InChI=1S/C11H8BrN5O2/c12-7-4-9-14-8(15-11(18)19)6-16(9)10(5-7)17-3-1-2-13-17/h1-6,15H,(H,18,19)/p-1. The van der Waals surface area contributed by atoms with E-state index in [-0.39, 0.29) is 5.82 Å². The van der Waals surface area contributed by atoms with Crippen LogP contribution in [0.3, 0.4) is 0 Å². The van der Waals surface area contributed by atoms with Crippen LogP contribution in [0.5, 0.6) is 0 Å². The molecule has 1 amide bonds. The molecule has 8 heteroatoms. The third-order valence-electron chi connectivity index (χ3n) is 2.48. The van der Waals surface area contributed by atoms with Crippen LogP contribution < -0.4 is 10.4 Å². The number of carbonyl (C=O) groups excluding carboxylic acids is 1. The smallest absolute Gasteiger partial charge is 0.150 e. The predicted molar refractivity (Wildman–Crippen MR) is 69.0 cm³/mol. The maximum absolute atomic E-state index is 10.5. The van der Waals surface area contributed by atoms with E-state index < -0.39 is 6.09 Å². The van der Waals surface area contributed by atoms with Crippen LogP contribution in [0.4, 0.5) is 10.6 Å². The normalized spacial score (nSPS) is 10.8. The number of hydrogen-bond acceptors (Lipinski definition) is 4. The molecule has 3 aromatic rings. The van der Waals surface area contributed by atoms with E-state index in [9.17, 15) is 9.90 Å². The molecule has 1 N–H and O–H groups in total. The molecule has 0 fully saturated rings. The molecule has 7 nitrogen and oxygen atoms in total. The molecule has 0 saturated heterocycles. The molecule has 0 radical (unpaired) electrons. The zero-order valence-electron chi connectivity index (χ0n) is 9.45. The van der Waals surface area contributed by atoms with Gasteiger partial charge < -0.3 is 15.2 Å². The number of carboxylic acid groups (broad SMARTS) is 1. The molecular weight excluding hydrogens is 314 g/mol. The Labute approximate surface area is 115 Å². The molecular formula is C11H7BrN5O2-. The lowest BCUT2D eigenvalue weighted by molar-refractivity contribution is -0.242. The quantitative estimate of drug-likeness (QED) is 0.764. The molecule has 0 aliphatic carbocycles. The molecule has 0 bridgehead atoms. The van der Waals surface area contributed by atoms with Gasteiger partial charge in [-0.15, -0.1) is 0 Å². The van der Waals surface area contributed by atoms with E-state index in [1.54, 1.807) is 39.8 Å². The highest BCUT2D eigenvalue weighted by Gasteiger charge is 2.09.